The van der Waals surface area contributed by atoms with Gasteiger partial charge in [0.2, 0.25) is 0 Å². The highest BCUT2D eigenvalue weighted by Gasteiger charge is 2.12. The van der Waals surface area contributed by atoms with Gasteiger partial charge in [0.1, 0.15) is 0 Å². The second-order valence-electron chi connectivity index (χ2n) is 5.46. The number of rotatable bonds is 2. The Kier molecular flexibility index (Phi) is 4.50. The predicted molar refractivity (Wildman–Crippen MR) is 99.0 cm³/mol. The van der Waals surface area contributed by atoms with Crippen molar-refractivity contribution in [2.75, 3.05) is 0 Å². The van der Waals surface area contributed by atoms with E-state index in [-0.39, 0.29) is 5.91 Å². The van der Waals surface area contributed by atoms with E-state index in [9.17, 15) is 4.79 Å². The van der Waals surface area contributed by atoms with Gasteiger partial charge in [-0.2, -0.15) is 4.99 Å². The van der Waals surface area contributed by atoms with E-state index < -0.39 is 0 Å². The Morgan fingerprint density at radius 2 is 2.00 bits per heavy atom. The van der Waals surface area contributed by atoms with Gasteiger partial charge in [0.15, 0.2) is 4.80 Å². The van der Waals surface area contributed by atoms with E-state index in [0.29, 0.717) is 5.56 Å². The Hall–Kier alpha value is -1.72. The van der Waals surface area contributed by atoms with E-state index in [4.69, 9.17) is 0 Å². The van der Waals surface area contributed by atoms with E-state index >= 15 is 0 Å². The van der Waals surface area contributed by atoms with Gasteiger partial charge in [0, 0.05) is 11.0 Å². The molecular weight excluding hydrogens is 372 g/mol. The van der Waals surface area contributed by atoms with Crippen LogP contribution in [0.3, 0.4) is 0 Å². The maximum atomic E-state index is 12.5. The summed E-state index contributed by atoms with van der Waals surface area (Å²) in [5.41, 5.74) is 4.18. The number of thiazole rings is 1. The smallest absolute Gasteiger partial charge is 0.280 e. The first-order valence-corrected chi connectivity index (χ1v) is 9.06. The summed E-state index contributed by atoms with van der Waals surface area (Å²) in [4.78, 5) is 17.7. The van der Waals surface area contributed by atoms with E-state index in [0.717, 1.165) is 21.3 Å². The molecule has 3 aromatic rings. The second-order valence-corrected chi connectivity index (χ2v) is 7.29. The Bertz CT molecular complexity index is 969. The molecule has 0 aliphatic heterocycles. The monoisotopic (exact) mass is 388 g/mol. The molecule has 0 saturated carbocycles. The minimum absolute atomic E-state index is 0.222. The molecule has 3 rings (SSSR count). The molecule has 2 aromatic carbocycles. The molecule has 1 aromatic heterocycles. The third-order valence-electron chi connectivity index (χ3n) is 3.73. The third kappa shape index (κ3) is 3.03. The van der Waals surface area contributed by atoms with Crippen molar-refractivity contribution in [2.45, 2.75) is 27.3 Å². The fourth-order valence-corrected chi connectivity index (χ4v) is 4.28. The highest BCUT2D eigenvalue weighted by atomic mass is 79.9. The summed E-state index contributed by atoms with van der Waals surface area (Å²) in [5, 5.41) is 0. The second kappa shape index (κ2) is 6.42. The van der Waals surface area contributed by atoms with E-state index in [1.807, 2.05) is 18.2 Å². The molecule has 0 fully saturated rings. The van der Waals surface area contributed by atoms with Crippen LogP contribution in [0.4, 0.5) is 0 Å². The fourth-order valence-electron chi connectivity index (χ4n) is 2.69. The van der Waals surface area contributed by atoms with Crippen LogP contribution in [0.15, 0.2) is 45.9 Å². The largest absolute Gasteiger partial charge is 0.317 e. The summed E-state index contributed by atoms with van der Waals surface area (Å²) in [6, 6.07) is 11.7. The number of aryl methyl sites for hydroxylation is 3. The lowest BCUT2D eigenvalue weighted by atomic mass is 10.1. The normalized spacial score (nSPS) is 12.1. The van der Waals surface area contributed by atoms with Gasteiger partial charge in [-0.3, -0.25) is 4.79 Å². The van der Waals surface area contributed by atoms with Crippen molar-refractivity contribution in [1.82, 2.24) is 4.57 Å². The maximum absolute atomic E-state index is 12.5. The summed E-state index contributed by atoms with van der Waals surface area (Å²) in [5.74, 6) is -0.222. The van der Waals surface area contributed by atoms with Crippen LogP contribution in [0, 0.1) is 13.8 Å². The van der Waals surface area contributed by atoms with Gasteiger partial charge in [-0.05, 0) is 66.0 Å². The summed E-state index contributed by atoms with van der Waals surface area (Å²) in [6.07, 6.45) is 0. The van der Waals surface area contributed by atoms with Crippen LogP contribution < -0.4 is 4.80 Å². The number of amides is 1. The Labute approximate surface area is 147 Å². The standard InChI is InChI=1S/C18H17BrN2OS/c1-4-21-15-10-11(2)9-12(3)16(15)23-18(21)20-17(22)13-7-5-6-8-14(13)19/h5-10H,4H2,1-3H3. The zero-order valence-corrected chi connectivity index (χ0v) is 15.7. The van der Waals surface area contributed by atoms with Gasteiger partial charge >= 0.3 is 0 Å². The van der Waals surface area contributed by atoms with Crippen molar-refractivity contribution in [3.05, 3.63) is 62.4 Å². The average Bonchev–Trinajstić information content (AvgIpc) is 2.85. The summed E-state index contributed by atoms with van der Waals surface area (Å²) in [7, 11) is 0. The molecule has 118 valence electrons. The Morgan fingerprint density at radius 1 is 1.26 bits per heavy atom. The topological polar surface area (TPSA) is 34.4 Å². The molecule has 3 nitrogen and oxygen atoms in total. The van der Waals surface area contributed by atoms with Gasteiger partial charge in [-0.1, -0.05) is 29.5 Å². The van der Waals surface area contributed by atoms with Crippen LogP contribution in [-0.4, -0.2) is 10.5 Å². The van der Waals surface area contributed by atoms with Crippen LogP contribution in [0.2, 0.25) is 0 Å². The van der Waals surface area contributed by atoms with Crippen molar-refractivity contribution in [3.63, 3.8) is 0 Å². The molecular formula is C18H17BrN2OS. The van der Waals surface area contributed by atoms with Gasteiger partial charge < -0.3 is 4.57 Å². The quantitative estimate of drug-likeness (QED) is 0.617. The molecule has 0 spiro atoms. The molecule has 0 radical (unpaired) electrons. The first kappa shape index (κ1) is 16.1. The SMILES string of the molecule is CCn1c(=NC(=O)c2ccccc2Br)sc2c(C)cc(C)cc21. The van der Waals surface area contributed by atoms with E-state index in [1.54, 1.807) is 17.4 Å². The highest BCUT2D eigenvalue weighted by molar-refractivity contribution is 9.10. The highest BCUT2D eigenvalue weighted by Crippen LogP contribution is 2.23. The summed E-state index contributed by atoms with van der Waals surface area (Å²) >= 11 is 4.99. The lowest BCUT2D eigenvalue weighted by Crippen LogP contribution is -2.16. The van der Waals surface area contributed by atoms with Crippen molar-refractivity contribution in [3.8, 4) is 0 Å². The Morgan fingerprint density at radius 3 is 2.70 bits per heavy atom. The number of fused-ring (bicyclic) bond motifs is 1. The zero-order chi connectivity index (χ0) is 16.6. The molecule has 0 aliphatic carbocycles. The lowest BCUT2D eigenvalue weighted by molar-refractivity contribution is 0.0997. The Balaban J connectivity index is 2.22. The fraction of sp³-hybridized carbons (Fsp3) is 0.222. The number of carbonyl (C=O) groups excluding carboxylic acids is 1. The number of hydrogen-bond acceptors (Lipinski definition) is 2. The summed E-state index contributed by atoms with van der Waals surface area (Å²) in [6.45, 7) is 7.05. The number of carbonyl (C=O) groups is 1. The lowest BCUT2D eigenvalue weighted by Gasteiger charge is -2.03. The van der Waals surface area contributed by atoms with Crippen LogP contribution in [-0.2, 0) is 6.54 Å². The molecule has 1 heterocycles. The van der Waals surface area contributed by atoms with Crippen molar-refractivity contribution >= 4 is 43.4 Å². The molecule has 0 aliphatic rings. The van der Waals surface area contributed by atoms with Crippen LogP contribution in [0.1, 0.15) is 28.4 Å². The molecule has 0 atom stereocenters. The molecule has 0 saturated heterocycles. The van der Waals surface area contributed by atoms with Gasteiger partial charge in [0.05, 0.1) is 15.8 Å². The van der Waals surface area contributed by atoms with Crippen LogP contribution in [0.5, 0.6) is 0 Å². The molecule has 5 heteroatoms. The van der Waals surface area contributed by atoms with Gasteiger partial charge in [0.25, 0.3) is 5.91 Å². The molecule has 0 N–H and O–H groups in total. The number of aromatic nitrogens is 1. The maximum Gasteiger partial charge on any atom is 0.280 e. The molecule has 1 amide bonds. The predicted octanol–water partition coefficient (Wildman–Crippen LogP) is 4.84. The summed E-state index contributed by atoms with van der Waals surface area (Å²) < 4.78 is 4.07. The van der Waals surface area contributed by atoms with Crippen LogP contribution >= 0.6 is 27.3 Å². The first-order chi connectivity index (χ1) is 11.0. The number of nitrogens with zero attached hydrogens (tertiary/aromatic N) is 2. The van der Waals surface area contributed by atoms with Crippen molar-refractivity contribution in [2.24, 2.45) is 4.99 Å². The van der Waals surface area contributed by atoms with E-state index in [2.05, 4.69) is 58.4 Å². The molecule has 23 heavy (non-hydrogen) atoms. The van der Waals surface area contributed by atoms with Gasteiger partial charge in [-0.25, -0.2) is 0 Å². The first-order valence-electron chi connectivity index (χ1n) is 7.45. The number of hydrogen-bond donors (Lipinski definition) is 0. The number of halogens is 1. The average molecular weight is 389 g/mol. The van der Waals surface area contributed by atoms with Crippen molar-refractivity contribution in [1.29, 1.82) is 0 Å². The van der Waals surface area contributed by atoms with E-state index in [1.165, 1.54) is 15.8 Å². The molecule has 0 bridgehead atoms. The minimum atomic E-state index is -0.222. The minimum Gasteiger partial charge on any atom is -0.317 e. The third-order valence-corrected chi connectivity index (χ3v) is 5.65. The van der Waals surface area contributed by atoms with Crippen molar-refractivity contribution < 1.29 is 4.79 Å². The zero-order valence-electron chi connectivity index (χ0n) is 13.3. The van der Waals surface area contributed by atoms with Crippen LogP contribution in [0.25, 0.3) is 10.2 Å². The number of benzene rings is 2. The molecule has 0 unspecified atom stereocenters. The van der Waals surface area contributed by atoms with Gasteiger partial charge in [-0.15, -0.1) is 0 Å².